The van der Waals surface area contributed by atoms with Crippen LogP contribution in [0.25, 0.3) is 22.2 Å². The molecule has 0 aliphatic carbocycles. The summed E-state index contributed by atoms with van der Waals surface area (Å²) in [6.45, 7) is 0.335. The zero-order chi connectivity index (χ0) is 37.3. The van der Waals surface area contributed by atoms with E-state index in [0.29, 0.717) is 41.5 Å². The molecule has 0 saturated heterocycles. The van der Waals surface area contributed by atoms with Crippen molar-refractivity contribution < 1.29 is 37.7 Å². The molecule has 0 bridgehead atoms. The van der Waals surface area contributed by atoms with Crippen LogP contribution >= 0.6 is 0 Å². The van der Waals surface area contributed by atoms with Crippen molar-refractivity contribution in [3.05, 3.63) is 138 Å². The first-order valence-electron chi connectivity index (χ1n) is 18.2. The molecule has 4 unspecified atom stereocenters. The van der Waals surface area contributed by atoms with E-state index in [-0.39, 0.29) is 45.1 Å². The number of allylic oxidation sites excluding steroid dienone is 2. The van der Waals surface area contributed by atoms with Gasteiger partial charge in [0.05, 0.1) is 31.1 Å². The maximum Gasteiger partial charge on any atom is 0.310 e. The van der Waals surface area contributed by atoms with Crippen LogP contribution in [0.5, 0.6) is 5.75 Å². The Hall–Kier alpha value is -5.78. The largest absolute Gasteiger partial charge is 0.491 e. The number of ether oxygens (including phenoxy) is 3. The summed E-state index contributed by atoms with van der Waals surface area (Å²) >= 11 is 0. The van der Waals surface area contributed by atoms with Gasteiger partial charge in [-0.05, 0) is 60.4 Å². The number of esters is 1. The highest BCUT2D eigenvalue weighted by molar-refractivity contribution is 5.80. The van der Waals surface area contributed by atoms with Crippen LogP contribution in [-0.2, 0) is 38.4 Å². The number of aliphatic hydroxyl groups excluding tert-OH is 1. The van der Waals surface area contributed by atoms with Crippen molar-refractivity contribution in [2.75, 3.05) is 26.9 Å². The molecule has 4 aromatic carbocycles. The number of rotatable bonds is 12. The molecular formula is C43H43N3O8. The minimum atomic E-state index is -0.880. The van der Waals surface area contributed by atoms with Gasteiger partial charge in [0.2, 0.25) is 5.91 Å². The third-order valence-corrected chi connectivity index (χ3v) is 9.59. The molecule has 278 valence electrons. The van der Waals surface area contributed by atoms with Gasteiger partial charge in [-0.3, -0.25) is 9.59 Å². The van der Waals surface area contributed by atoms with E-state index in [9.17, 15) is 9.90 Å². The van der Waals surface area contributed by atoms with Gasteiger partial charge in [-0.2, -0.15) is 0 Å². The summed E-state index contributed by atoms with van der Waals surface area (Å²) < 4.78 is 30.1. The highest BCUT2D eigenvalue weighted by Crippen LogP contribution is 2.33. The van der Waals surface area contributed by atoms with E-state index in [1.54, 1.807) is 24.1 Å². The molecule has 0 spiro atoms. The number of carbonyl (C=O) groups is 2. The molecule has 1 amide bonds. The van der Waals surface area contributed by atoms with Gasteiger partial charge >= 0.3 is 5.97 Å². The first kappa shape index (κ1) is 36.6. The highest BCUT2D eigenvalue weighted by Gasteiger charge is 2.39. The fraction of sp³-hybridized carbons (Fsp3) is 0.302. The summed E-state index contributed by atoms with van der Waals surface area (Å²) in [5, 5.41) is 9.23. The van der Waals surface area contributed by atoms with Crippen molar-refractivity contribution in [1.29, 1.82) is 0 Å². The van der Waals surface area contributed by atoms with Gasteiger partial charge in [0, 0.05) is 26.5 Å². The molecule has 0 radical (unpaired) electrons. The highest BCUT2D eigenvalue weighted by atomic mass is 16.5. The third kappa shape index (κ3) is 8.70. The first-order chi connectivity index (χ1) is 26.5. The van der Waals surface area contributed by atoms with Crippen LogP contribution < -0.4 is 4.74 Å². The van der Waals surface area contributed by atoms with Crippen molar-refractivity contribution in [2.24, 2.45) is 11.8 Å². The van der Waals surface area contributed by atoms with Gasteiger partial charge in [0.1, 0.15) is 29.5 Å². The second kappa shape index (κ2) is 17.4. The molecule has 0 fully saturated rings. The topological polar surface area (TPSA) is 137 Å². The summed E-state index contributed by atoms with van der Waals surface area (Å²) in [6.07, 6.45) is 4.22. The number of hydrogen-bond acceptors (Lipinski definition) is 10. The number of cyclic esters (lactones) is 1. The van der Waals surface area contributed by atoms with Crippen LogP contribution in [0.15, 0.2) is 124 Å². The minimum Gasteiger partial charge on any atom is -0.491 e. The average molecular weight is 730 g/mol. The molecule has 7 rings (SSSR count). The van der Waals surface area contributed by atoms with Gasteiger partial charge < -0.3 is 33.1 Å². The summed E-state index contributed by atoms with van der Waals surface area (Å²) in [6, 6.07) is 31.2. The van der Waals surface area contributed by atoms with E-state index < -0.39 is 30.0 Å². The van der Waals surface area contributed by atoms with Crippen molar-refractivity contribution >= 4 is 34.1 Å². The summed E-state index contributed by atoms with van der Waals surface area (Å²) in [5.74, 6) is -0.272. The molecule has 3 heterocycles. The van der Waals surface area contributed by atoms with Gasteiger partial charge in [-0.1, -0.05) is 78.9 Å². The van der Waals surface area contributed by atoms with E-state index in [0.717, 1.165) is 22.2 Å². The zero-order valence-corrected chi connectivity index (χ0v) is 30.1. The predicted octanol–water partition coefficient (Wildman–Crippen LogP) is 7.04. The Bertz CT molecular complexity index is 2110. The molecule has 1 aliphatic rings. The van der Waals surface area contributed by atoms with Crippen molar-refractivity contribution in [2.45, 2.75) is 44.4 Å². The lowest BCUT2D eigenvalue weighted by atomic mass is 9.93. The number of aliphatic hydroxyl groups is 1. The zero-order valence-electron chi connectivity index (χ0n) is 30.1. The number of aromatic nitrogens is 2. The lowest BCUT2D eigenvalue weighted by Crippen LogP contribution is -2.49. The van der Waals surface area contributed by atoms with E-state index in [1.807, 2.05) is 103 Å². The molecular weight excluding hydrogens is 686 g/mol. The standard InChI is InChI=1S/C43H43N3O8/c1-50-28-36-41(30-11-3-2-4-12-30)54-43(49)32(26-40-45-35-16-8-10-18-38(35)53-40)14-6-5-13-31(25-39-44-34-15-7-9-17-37(34)52-39)42(48)46(36)27-29-19-21-33(22-20-29)51-24-23-47/h2-12,15-22,31-32,36,41,47H,13-14,23-28H2,1H3. The molecule has 0 saturated carbocycles. The number of methoxy groups -OCH3 is 1. The van der Waals surface area contributed by atoms with Gasteiger partial charge in [-0.25, -0.2) is 9.97 Å². The fourth-order valence-electron chi connectivity index (χ4n) is 6.88. The molecule has 11 heteroatoms. The molecule has 4 atom stereocenters. The Labute approximate surface area is 313 Å². The number of nitrogens with zero attached hydrogens (tertiary/aromatic N) is 3. The monoisotopic (exact) mass is 729 g/mol. The van der Waals surface area contributed by atoms with Gasteiger partial charge in [-0.15, -0.1) is 0 Å². The van der Waals surface area contributed by atoms with Gasteiger partial charge in [0.15, 0.2) is 22.9 Å². The fourth-order valence-corrected chi connectivity index (χ4v) is 6.88. The number of carbonyl (C=O) groups excluding carboxylic acids is 2. The number of hydrogen-bond donors (Lipinski definition) is 1. The SMILES string of the molecule is COCC1C(c2ccccc2)OC(=O)C(Cc2nc3ccccc3o2)CC=CCC(Cc2nc3ccccc3o2)C(=O)N1Cc1ccc(OCCO)cc1. The van der Waals surface area contributed by atoms with Crippen LogP contribution in [0.2, 0.25) is 0 Å². The van der Waals surface area contributed by atoms with Crippen LogP contribution in [0, 0.1) is 11.8 Å². The Morgan fingerprint density at radius 3 is 1.96 bits per heavy atom. The molecule has 6 aromatic rings. The Morgan fingerprint density at radius 1 is 0.759 bits per heavy atom. The molecule has 2 aromatic heterocycles. The van der Waals surface area contributed by atoms with Crippen molar-refractivity contribution in [1.82, 2.24) is 14.9 Å². The van der Waals surface area contributed by atoms with Crippen LogP contribution in [0.3, 0.4) is 0 Å². The number of oxazole rings is 2. The smallest absolute Gasteiger partial charge is 0.310 e. The van der Waals surface area contributed by atoms with E-state index in [4.69, 9.17) is 28.0 Å². The first-order valence-corrected chi connectivity index (χ1v) is 18.2. The van der Waals surface area contributed by atoms with Crippen LogP contribution in [0.4, 0.5) is 0 Å². The van der Waals surface area contributed by atoms with Crippen molar-refractivity contribution in [3.8, 4) is 5.75 Å². The summed E-state index contributed by atoms with van der Waals surface area (Å²) in [5.41, 5.74) is 4.30. The second-order valence-electron chi connectivity index (χ2n) is 13.4. The Kier molecular flexibility index (Phi) is 11.8. The predicted molar refractivity (Wildman–Crippen MR) is 201 cm³/mol. The minimum absolute atomic E-state index is 0.0809. The Balaban J connectivity index is 1.29. The number of benzene rings is 4. The van der Waals surface area contributed by atoms with Crippen molar-refractivity contribution in [3.63, 3.8) is 0 Å². The average Bonchev–Trinajstić information content (AvgIpc) is 3.81. The number of fused-ring (bicyclic) bond motifs is 2. The van der Waals surface area contributed by atoms with Crippen LogP contribution in [0.1, 0.15) is 41.9 Å². The third-order valence-electron chi connectivity index (χ3n) is 9.59. The second-order valence-corrected chi connectivity index (χ2v) is 13.4. The quantitative estimate of drug-likeness (QED) is 0.103. The normalized spacial score (nSPS) is 19.8. The van der Waals surface area contributed by atoms with E-state index in [1.165, 1.54) is 0 Å². The maximum atomic E-state index is 15.1. The number of para-hydroxylation sites is 4. The van der Waals surface area contributed by atoms with E-state index in [2.05, 4.69) is 4.98 Å². The lowest BCUT2D eigenvalue weighted by molar-refractivity contribution is -0.164. The molecule has 11 nitrogen and oxygen atoms in total. The molecule has 1 aliphatic heterocycles. The maximum absolute atomic E-state index is 15.1. The number of amides is 1. The Morgan fingerprint density at radius 2 is 1.35 bits per heavy atom. The molecule has 54 heavy (non-hydrogen) atoms. The van der Waals surface area contributed by atoms with E-state index >= 15 is 4.79 Å². The van der Waals surface area contributed by atoms with Crippen LogP contribution in [-0.4, -0.2) is 64.8 Å². The summed E-state index contributed by atoms with van der Waals surface area (Å²) in [7, 11) is 1.57. The molecule has 1 N–H and O–H groups in total. The van der Waals surface area contributed by atoms with Gasteiger partial charge in [0.25, 0.3) is 0 Å². The lowest BCUT2D eigenvalue weighted by Gasteiger charge is -2.39. The summed E-state index contributed by atoms with van der Waals surface area (Å²) in [4.78, 5) is 40.5.